The van der Waals surface area contributed by atoms with E-state index in [1.165, 1.54) is 6.08 Å². The van der Waals surface area contributed by atoms with Crippen molar-refractivity contribution in [2.75, 3.05) is 0 Å². The van der Waals surface area contributed by atoms with Crippen LogP contribution in [0.15, 0.2) is 48.6 Å². The lowest BCUT2D eigenvalue weighted by molar-refractivity contribution is -0.137. The minimum atomic E-state index is -1.01. The van der Waals surface area contributed by atoms with Gasteiger partial charge in [0.15, 0.2) is 0 Å². The van der Waals surface area contributed by atoms with Crippen molar-refractivity contribution in [1.29, 1.82) is 0 Å². The second-order valence-electron chi connectivity index (χ2n) is 7.18. The van der Waals surface area contributed by atoms with Crippen LogP contribution >= 0.6 is 11.6 Å². The van der Waals surface area contributed by atoms with Gasteiger partial charge in [0.05, 0.1) is 17.2 Å². The molecule has 1 unspecified atom stereocenters. The Morgan fingerprint density at radius 3 is 2.72 bits per heavy atom. The molecule has 0 amide bonds. The van der Waals surface area contributed by atoms with Crippen molar-refractivity contribution in [1.82, 2.24) is 0 Å². The molecule has 6 heteroatoms. The first kappa shape index (κ1) is 23.2. The molecule has 5 atom stereocenters. The molecule has 0 spiro atoms. The quantitative estimate of drug-likeness (QED) is 0.295. The van der Waals surface area contributed by atoms with E-state index in [0.717, 1.165) is 0 Å². The number of halogens is 1. The number of hydrogen-bond donors (Lipinski definition) is 4. The number of rotatable bonds is 8. The topological polar surface area (TPSA) is 98.0 Å². The summed E-state index contributed by atoms with van der Waals surface area (Å²) in [5.74, 6) is 4.28. The molecule has 1 saturated carbocycles. The Kier molecular flexibility index (Phi) is 9.43. The van der Waals surface area contributed by atoms with Crippen LogP contribution in [0.1, 0.15) is 37.7 Å². The predicted molar refractivity (Wildman–Crippen MR) is 112 cm³/mol. The molecule has 156 valence electrons. The molecule has 2 rings (SSSR count). The van der Waals surface area contributed by atoms with Crippen LogP contribution in [0.5, 0.6) is 0 Å². The summed E-state index contributed by atoms with van der Waals surface area (Å²) in [4.78, 5) is 10.5. The fraction of sp³-hybridized carbons (Fsp3) is 0.435. The number of benzene rings is 1. The minimum Gasteiger partial charge on any atom is -0.481 e. The second-order valence-corrected chi connectivity index (χ2v) is 7.59. The Morgan fingerprint density at radius 2 is 2.00 bits per heavy atom. The van der Waals surface area contributed by atoms with Crippen molar-refractivity contribution in [2.45, 2.75) is 50.4 Å². The Balaban J connectivity index is 1.93. The van der Waals surface area contributed by atoms with E-state index >= 15 is 0 Å². The van der Waals surface area contributed by atoms with Crippen molar-refractivity contribution in [3.8, 4) is 11.8 Å². The van der Waals surface area contributed by atoms with E-state index in [0.29, 0.717) is 29.8 Å². The molecule has 0 bridgehead atoms. The fourth-order valence-electron chi connectivity index (χ4n) is 3.44. The maximum absolute atomic E-state index is 10.5. The maximum Gasteiger partial charge on any atom is 0.303 e. The van der Waals surface area contributed by atoms with E-state index in [4.69, 9.17) is 16.7 Å². The summed E-state index contributed by atoms with van der Waals surface area (Å²) in [6.07, 6.45) is 6.97. The molecule has 0 heterocycles. The standard InChI is InChI=1S/C23H27ClO5/c24-20-9-6-5-7-16(20)11-12-17(25)13-14-19-18(21(26)15-22(19)27)8-3-1-2-4-10-23(28)29/h1,3,5-7,9,13-14,17-19,21-22,25-27H,2,4,8,10,15H2,(H,28,29)/b3-1-,14-13+/t17?,18-,19-,21+,22-/m1/s1. The smallest absolute Gasteiger partial charge is 0.303 e. The molecule has 1 aliphatic carbocycles. The summed E-state index contributed by atoms with van der Waals surface area (Å²) in [5, 5.41) is 39.8. The number of carboxylic acids is 1. The van der Waals surface area contributed by atoms with Gasteiger partial charge in [-0.3, -0.25) is 4.79 Å². The van der Waals surface area contributed by atoms with Crippen LogP contribution < -0.4 is 0 Å². The molecule has 0 radical (unpaired) electrons. The molecule has 0 aliphatic heterocycles. The third-order valence-electron chi connectivity index (χ3n) is 5.00. The van der Waals surface area contributed by atoms with Gasteiger partial charge in [-0.1, -0.05) is 53.8 Å². The highest BCUT2D eigenvalue weighted by Gasteiger charge is 2.39. The monoisotopic (exact) mass is 418 g/mol. The van der Waals surface area contributed by atoms with Gasteiger partial charge < -0.3 is 20.4 Å². The maximum atomic E-state index is 10.5. The van der Waals surface area contributed by atoms with Crippen LogP contribution in [0.25, 0.3) is 0 Å². The molecule has 1 aromatic carbocycles. The van der Waals surface area contributed by atoms with E-state index in [-0.39, 0.29) is 24.7 Å². The van der Waals surface area contributed by atoms with Gasteiger partial charge in [-0.2, -0.15) is 0 Å². The summed E-state index contributed by atoms with van der Waals surface area (Å²) in [7, 11) is 0. The minimum absolute atomic E-state index is 0.133. The molecule has 0 aromatic heterocycles. The number of carboxylic acid groups (broad SMARTS) is 1. The molecule has 0 saturated heterocycles. The lowest BCUT2D eigenvalue weighted by Gasteiger charge is -2.19. The fourth-order valence-corrected chi connectivity index (χ4v) is 3.63. The van der Waals surface area contributed by atoms with Crippen LogP contribution in [0.3, 0.4) is 0 Å². The third kappa shape index (κ3) is 7.68. The van der Waals surface area contributed by atoms with Crippen LogP contribution in [-0.4, -0.2) is 44.7 Å². The van der Waals surface area contributed by atoms with Crippen molar-refractivity contribution >= 4 is 17.6 Å². The highest BCUT2D eigenvalue weighted by atomic mass is 35.5. The normalized spacial score (nSPS) is 25.2. The average molecular weight is 419 g/mol. The average Bonchev–Trinajstić information content (AvgIpc) is 2.94. The number of unbranched alkanes of at least 4 members (excludes halogenated alkanes) is 1. The SMILES string of the molecule is O=C(O)CCC/C=C\C[C@@H]1[C@@H](/C=C/C(O)C#Cc2ccccc2Cl)[C@H](O)C[C@@H]1O. The van der Waals surface area contributed by atoms with Gasteiger partial charge in [-0.15, -0.1) is 0 Å². The Morgan fingerprint density at radius 1 is 1.24 bits per heavy atom. The highest BCUT2D eigenvalue weighted by molar-refractivity contribution is 6.31. The zero-order valence-corrected chi connectivity index (χ0v) is 16.9. The molecule has 1 aromatic rings. The van der Waals surface area contributed by atoms with Gasteiger partial charge in [0.25, 0.3) is 0 Å². The second kappa shape index (κ2) is 11.8. The molecular weight excluding hydrogens is 392 g/mol. The number of aliphatic carboxylic acids is 1. The van der Waals surface area contributed by atoms with E-state index in [2.05, 4.69) is 11.8 Å². The van der Waals surface area contributed by atoms with E-state index in [9.17, 15) is 20.1 Å². The number of carbonyl (C=O) groups is 1. The molecular formula is C23H27ClO5. The number of allylic oxidation sites excluding steroid dienone is 2. The lowest BCUT2D eigenvalue weighted by Crippen LogP contribution is -2.20. The Hall–Kier alpha value is -2.10. The van der Waals surface area contributed by atoms with Crippen LogP contribution in [0, 0.1) is 23.7 Å². The summed E-state index contributed by atoms with van der Waals surface area (Å²) in [5.41, 5.74) is 0.629. The van der Waals surface area contributed by atoms with E-state index in [1.807, 2.05) is 18.2 Å². The number of hydrogen-bond acceptors (Lipinski definition) is 4. The van der Waals surface area contributed by atoms with Gasteiger partial charge in [-0.05, 0) is 43.4 Å². The van der Waals surface area contributed by atoms with Gasteiger partial charge in [-0.25, -0.2) is 0 Å². The Labute approximate surface area is 176 Å². The number of aliphatic hydroxyl groups excluding tert-OH is 3. The van der Waals surface area contributed by atoms with Crippen molar-refractivity contribution in [3.63, 3.8) is 0 Å². The summed E-state index contributed by atoms with van der Waals surface area (Å²) < 4.78 is 0. The highest BCUT2D eigenvalue weighted by Crippen LogP contribution is 2.36. The largest absolute Gasteiger partial charge is 0.481 e. The summed E-state index contributed by atoms with van der Waals surface area (Å²) >= 11 is 6.04. The van der Waals surface area contributed by atoms with Crippen molar-refractivity contribution < 1.29 is 25.2 Å². The lowest BCUT2D eigenvalue weighted by atomic mass is 9.89. The van der Waals surface area contributed by atoms with E-state index in [1.54, 1.807) is 24.3 Å². The summed E-state index contributed by atoms with van der Waals surface area (Å²) in [6.45, 7) is 0. The van der Waals surface area contributed by atoms with Crippen LogP contribution in [0.2, 0.25) is 5.02 Å². The Bertz CT molecular complexity index is 792. The molecule has 29 heavy (non-hydrogen) atoms. The third-order valence-corrected chi connectivity index (χ3v) is 5.33. The van der Waals surface area contributed by atoms with Gasteiger partial charge >= 0.3 is 5.97 Å². The molecule has 1 aliphatic rings. The van der Waals surface area contributed by atoms with Gasteiger partial charge in [0.2, 0.25) is 0 Å². The predicted octanol–water partition coefficient (Wildman–Crippen LogP) is 3.17. The first-order valence-electron chi connectivity index (χ1n) is 9.74. The van der Waals surface area contributed by atoms with Crippen LogP contribution in [0.4, 0.5) is 0 Å². The first-order chi connectivity index (χ1) is 13.9. The molecule has 5 nitrogen and oxygen atoms in total. The zero-order chi connectivity index (χ0) is 21.2. The first-order valence-corrected chi connectivity index (χ1v) is 10.1. The van der Waals surface area contributed by atoms with Crippen molar-refractivity contribution in [3.05, 3.63) is 59.2 Å². The number of aliphatic hydroxyl groups is 3. The summed E-state index contributed by atoms with van der Waals surface area (Å²) in [6, 6.07) is 7.11. The van der Waals surface area contributed by atoms with Gasteiger partial charge in [0, 0.05) is 24.3 Å². The van der Waals surface area contributed by atoms with Crippen LogP contribution in [-0.2, 0) is 4.79 Å². The zero-order valence-electron chi connectivity index (χ0n) is 16.1. The molecule has 4 N–H and O–H groups in total. The van der Waals surface area contributed by atoms with E-state index < -0.39 is 24.3 Å². The molecule has 1 fully saturated rings. The van der Waals surface area contributed by atoms with Gasteiger partial charge in [0.1, 0.15) is 6.10 Å². The van der Waals surface area contributed by atoms with Crippen molar-refractivity contribution in [2.24, 2.45) is 11.8 Å².